The van der Waals surface area contributed by atoms with Gasteiger partial charge in [-0.2, -0.15) is 0 Å². The number of fused-ring (bicyclic) bond motifs is 1. The van der Waals surface area contributed by atoms with Gasteiger partial charge in [-0.1, -0.05) is 24.3 Å². The van der Waals surface area contributed by atoms with Crippen LogP contribution >= 0.6 is 0 Å². The maximum absolute atomic E-state index is 12.3. The van der Waals surface area contributed by atoms with E-state index in [2.05, 4.69) is 40.2 Å². The predicted molar refractivity (Wildman–Crippen MR) is 109 cm³/mol. The Kier molecular flexibility index (Phi) is 4.73. The Bertz CT molecular complexity index is 846. The smallest absolute Gasteiger partial charge is 0.410 e. The molecule has 0 unspecified atom stereocenters. The van der Waals surface area contributed by atoms with Gasteiger partial charge >= 0.3 is 6.09 Å². The minimum absolute atomic E-state index is 0.198. The Morgan fingerprint density at radius 2 is 1.68 bits per heavy atom. The summed E-state index contributed by atoms with van der Waals surface area (Å²) in [5.41, 5.74) is 2.77. The summed E-state index contributed by atoms with van der Waals surface area (Å²) < 4.78 is 5.51. The van der Waals surface area contributed by atoms with Crippen LogP contribution in [-0.2, 0) is 4.74 Å². The van der Waals surface area contributed by atoms with Crippen molar-refractivity contribution >= 4 is 11.9 Å². The number of carbonyl (C=O) groups is 1. The van der Waals surface area contributed by atoms with E-state index in [1.54, 1.807) is 0 Å². The van der Waals surface area contributed by atoms with Crippen molar-refractivity contribution in [2.45, 2.75) is 33.3 Å². The molecule has 2 atom stereocenters. The third-order valence-electron chi connectivity index (χ3n) is 5.53. The molecule has 2 aliphatic rings. The van der Waals surface area contributed by atoms with E-state index in [1.165, 1.54) is 5.56 Å². The number of amides is 1. The van der Waals surface area contributed by atoms with E-state index >= 15 is 0 Å². The molecule has 0 N–H and O–H groups in total. The highest BCUT2D eigenvalue weighted by Gasteiger charge is 2.43. The Balaban J connectivity index is 1.39. The zero-order chi connectivity index (χ0) is 19.9. The second-order valence-electron chi connectivity index (χ2n) is 8.90. The van der Waals surface area contributed by atoms with Gasteiger partial charge in [0.15, 0.2) is 5.82 Å². The van der Waals surface area contributed by atoms with Crippen molar-refractivity contribution in [2.75, 3.05) is 31.1 Å². The molecule has 28 heavy (non-hydrogen) atoms. The average Bonchev–Trinajstić information content (AvgIpc) is 3.20. The number of aryl methyl sites for hydroxylation is 1. The number of rotatable bonds is 2. The van der Waals surface area contributed by atoms with Gasteiger partial charge in [0.25, 0.3) is 0 Å². The fourth-order valence-corrected chi connectivity index (χ4v) is 4.15. The number of anilines is 1. The van der Waals surface area contributed by atoms with Crippen LogP contribution in [0.4, 0.5) is 10.6 Å². The second-order valence-corrected chi connectivity index (χ2v) is 8.90. The first-order valence-electron chi connectivity index (χ1n) is 9.93. The molecule has 3 heterocycles. The monoisotopic (exact) mass is 380 g/mol. The maximum atomic E-state index is 12.3. The highest BCUT2D eigenvalue weighted by atomic mass is 16.6. The van der Waals surface area contributed by atoms with Crippen LogP contribution in [0.25, 0.3) is 11.3 Å². The average molecular weight is 380 g/mol. The summed E-state index contributed by atoms with van der Waals surface area (Å²) in [5.74, 6) is 1.84. The van der Waals surface area contributed by atoms with Crippen molar-refractivity contribution in [3.05, 3.63) is 42.0 Å². The molecule has 0 saturated carbocycles. The van der Waals surface area contributed by atoms with Gasteiger partial charge in [0.05, 0.1) is 5.69 Å². The van der Waals surface area contributed by atoms with Crippen molar-refractivity contribution in [1.82, 2.24) is 15.1 Å². The summed E-state index contributed by atoms with van der Waals surface area (Å²) in [5, 5.41) is 8.93. The van der Waals surface area contributed by atoms with Gasteiger partial charge in [0.2, 0.25) is 0 Å². The van der Waals surface area contributed by atoms with Crippen LogP contribution in [-0.4, -0.2) is 53.0 Å². The number of hydrogen-bond donors (Lipinski definition) is 0. The fourth-order valence-electron chi connectivity index (χ4n) is 4.15. The lowest BCUT2D eigenvalue weighted by molar-refractivity contribution is 0.0282. The molecule has 6 nitrogen and oxygen atoms in total. The second kappa shape index (κ2) is 7.08. The van der Waals surface area contributed by atoms with Crippen molar-refractivity contribution in [1.29, 1.82) is 0 Å². The van der Waals surface area contributed by atoms with E-state index in [0.29, 0.717) is 11.8 Å². The normalized spacial score (nSPS) is 21.7. The van der Waals surface area contributed by atoms with Gasteiger partial charge in [0, 0.05) is 43.6 Å². The van der Waals surface area contributed by atoms with Crippen molar-refractivity contribution in [3.63, 3.8) is 0 Å². The number of nitrogens with zero attached hydrogens (tertiary/aromatic N) is 4. The number of aromatic nitrogens is 2. The summed E-state index contributed by atoms with van der Waals surface area (Å²) in [6.45, 7) is 11.1. The summed E-state index contributed by atoms with van der Waals surface area (Å²) >= 11 is 0. The zero-order valence-corrected chi connectivity index (χ0v) is 17.1. The minimum atomic E-state index is -0.449. The lowest BCUT2D eigenvalue weighted by atomic mass is 10.0. The molecule has 2 aromatic rings. The van der Waals surface area contributed by atoms with E-state index in [1.807, 2.05) is 43.9 Å². The number of hydrogen-bond acceptors (Lipinski definition) is 5. The number of ether oxygens (including phenoxy) is 1. The molecule has 0 aliphatic carbocycles. The van der Waals surface area contributed by atoms with E-state index in [9.17, 15) is 4.79 Å². The van der Waals surface area contributed by atoms with Gasteiger partial charge < -0.3 is 14.5 Å². The summed E-state index contributed by atoms with van der Waals surface area (Å²) in [6.07, 6.45) is -0.198. The molecule has 148 valence electrons. The lowest BCUT2D eigenvalue weighted by Gasteiger charge is -2.26. The minimum Gasteiger partial charge on any atom is -0.444 e. The Morgan fingerprint density at radius 3 is 2.25 bits per heavy atom. The molecule has 1 amide bonds. The molecule has 2 aliphatic heterocycles. The molecule has 2 fully saturated rings. The number of benzene rings is 1. The van der Waals surface area contributed by atoms with Crippen LogP contribution in [0.1, 0.15) is 26.3 Å². The zero-order valence-electron chi connectivity index (χ0n) is 17.1. The third kappa shape index (κ3) is 3.81. The molecule has 4 rings (SSSR count). The van der Waals surface area contributed by atoms with Crippen LogP contribution < -0.4 is 4.90 Å². The van der Waals surface area contributed by atoms with Crippen LogP contribution in [0, 0.1) is 18.8 Å². The Hall–Kier alpha value is -2.63. The highest BCUT2D eigenvalue weighted by molar-refractivity contribution is 5.69. The predicted octanol–water partition coefficient (Wildman–Crippen LogP) is 3.76. The standard InChI is InChI=1S/C22H28N4O2/c1-15-7-5-6-8-18(15)19-9-10-20(24-23-19)25-11-16-13-26(14-17(16)12-25)21(27)28-22(2,3)4/h5-10,16-17H,11-14H2,1-4H3/t16-,17+. The molecule has 0 spiro atoms. The van der Waals surface area contributed by atoms with Crippen LogP contribution in [0.2, 0.25) is 0 Å². The van der Waals surface area contributed by atoms with Crippen molar-refractivity contribution < 1.29 is 9.53 Å². The fraction of sp³-hybridized carbons (Fsp3) is 0.500. The van der Waals surface area contributed by atoms with E-state index in [4.69, 9.17) is 4.74 Å². The lowest BCUT2D eigenvalue weighted by Crippen LogP contribution is -2.37. The molecule has 1 aromatic carbocycles. The van der Waals surface area contributed by atoms with Crippen molar-refractivity contribution in [2.24, 2.45) is 11.8 Å². The first-order valence-corrected chi connectivity index (χ1v) is 9.93. The number of likely N-dealkylation sites (tertiary alicyclic amines) is 1. The molecule has 1 aromatic heterocycles. The molecular weight excluding hydrogens is 352 g/mol. The third-order valence-corrected chi connectivity index (χ3v) is 5.53. The SMILES string of the molecule is Cc1ccccc1-c1ccc(N2C[C@H]3CN(C(=O)OC(C)(C)C)C[C@H]3C2)nn1. The Morgan fingerprint density at radius 1 is 1.00 bits per heavy atom. The molecule has 2 saturated heterocycles. The first-order chi connectivity index (χ1) is 13.3. The molecule has 0 radical (unpaired) electrons. The van der Waals surface area contributed by atoms with E-state index < -0.39 is 5.60 Å². The van der Waals surface area contributed by atoms with Crippen molar-refractivity contribution in [3.8, 4) is 11.3 Å². The largest absolute Gasteiger partial charge is 0.444 e. The Labute approximate surface area is 166 Å². The van der Waals surface area contributed by atoms with Gasteiger partial charge in [-0.15, -0.1) is 10.2 Å². The van der Waals surface area contributed by atoms with Gasteiger partial charge in [-0.25, -0.2) is 4.79 Å². The van der Waals surface area contributed by atoms with Gasteiger partial charge in [-0.05, 0) is 45.4 Å². The quantitative estimate of drug-likeness (QED) is 0.794. The molecule has 6 heteroatoms. The highest BCUT2D eigenvalue weighted by Crippen LogP contribution is 2.34. The summed E-state index contributed by atoms with van der Waals surface area (Å²) in [4.78, 5) is 16.5. The van der Waals surface area contributed by atoms with Crippen LogP contribution in [0.15, 0.2) is 36.4 Å². The van der Waals surface area contributed by atoms with E-state index in [-0.39, 0.29) is 6.09 Å². The summed E-state index contributed by atoms with van der Waals surface area (Å²) in [7, 11) is 0. The van der Waals surface area contributed by atoms with Gasteiger partial charge in [-0.3, -0.25) is 0 Å². The van der Waals surface area contributed by atoms with Crippen LogP contribution in [0.3, 0.4) is 0 Å². The first kappa shape index (κ1) is 18.7. The van der Waals surface area contributed by atoms with E-state index in [0.717, 1.165) is 43.3 Å². The topological polar surface area (TPSA) is 58.6 Å². The van der Waals surface area contributed by atoms with Gasteiger partial charge in [0.1, 0.15) is 5.60 Å². The maximum Gasteiger partial charge on any atom is 0.410 e. The molecular formula is C22H28N4O2. The van der Waals surface area contributed by atoms with Crippen LogP contribution in [0.5, 0.6) is 0 Å². The number of carbonyl (C=O) groups excluding carboxylic acids is 1. The summed E-state index contributed by atoms with van der Waals surface area (Å²) in [6, 6.07) is 12.3. The molecule has 0 bridgehead atoms.